The normalized spacial score (nSPS) is 15.4. The first-order chi connectivity index (χ1) is 8.24. The van der Waals surface area contributed by atoms with Gasteiger partial charge in [0.15, 0.2) is 11.5 Å². The highest BCUT2D eigenvalue weighted by atomic mass is 16.5. The maximum atomic E-state index is 9.76. The van der Waals surface area contributed by atoms with E-state index in [0.717, 1.165) is 18.8 Å². The number of hydrogen-bond acceptors (Lipinski definition) is 5. The fourth-order valence-corrected chi connectivity index (χ4v) is 1.67. The van der Waals surface area contributed by atoms with Crippen LogP contribution in [0.1, 0.15) is 5.56 Å². The zero-order valence-corrected chi connectivity index (χ0v) is 10.0. The predicted octanol–water partition coefficient (Wildman–Crippen LogP) is 0.898. The van der Waals surface area contributed by atoms with Gasteiger partial charge in [-0.15, -0.1) is 0 Å². The van der Waals surface area contributed by atoms with Crippen LogP contribution in [0.25, 0.3) is 0 Å². The summed E-state index contributed by atoms with van der Waals surface area (Å²) in [6.07, 6.45) is 0. The second kappa shape index (κ2) is 5.25. The first kappa shape index (κ1) is 12.0. The molecule has 2 rings (SSSR count). The molecule has 1 fully saturated rings. The molecule has 1 aromatic rings. The minimum Gasteiger partial charge on any atom is -0.502 e. The molecule has 5 heteroatoms. The van der Waals surface area contributed by atoms with Gasteiger partial charge in [-0.2, -0.15) is 0 Å². The Balaban J connectivity index is 2.09. The van der Waals surface area contributed by atoms with Crippen molar-refractivity contribution in [2.45, 2.75) is 12.6 Å². The van der Waals surface area contributed by atoms with E-state index in [4.69, 9.17) is 14.2 Å². The molecule has 5 nitrogen and oxygen atoms in total. The lowest BCUT2D eigenvalue weighted by atomic mass is 10.1. The standard InChI is InChI=1S/C12H17NO4/c1-15-10-3-8(4-11(16-2)12(10)14)5-13-9-6-17-7-9/h3-4,9,13-14H,5-7H2,1-2H3. The summed E-state index contributed by atoms with van der Waals surface area (Å²) in [5.74, 6) is 0.878. The van der Waals surface area contributed by atoms with Crippen molar-refractivity contribution in [2.75, 3.05) is 27.4 Å². The summed E-state index contributed by atoms with van der Waals surface area (Å²) in [6.45, 7) is 2.21. The smallest absolute Gasteiger partial charge is 0.200 e. The van der Waals surface area contributed by atoms with Crippen LogP contribution in [0, 0.1) is 0 Å². The molecular weight excluding hydrogens is 222 g/mol. The van der Waals surface area contributed by atoms with Gasteiger partial charge >= 0.3 is 0 Å². The summed E-state index contributed by atoms with van der Waals surface area (Å²) in [6, 6.07) is 4.01. The molecule has 1 aliphatic heterocycles. The third kappa shape index (κ3) is 2.62. The van der Waals surface area contributed by atoms with Gasteiger partial charge in [-0.3, -0.25) is 0 Å². The Labute approximate surface area is 100 Å². The number of phenols is 1. The fourth-order valence-electron chi connectivity index (χ4n) is 1.67. The van der Waals surface area contributed by atoms with Gasteiger partial charge in [-0.25, -0.2) is 0 Å². The van der Waals surface area contributed by atoms with Crippen molar-refractivity contribution in [2.24, 2.45) is 0 Å². The second-order valence-corrected chi connectivity index (χ2v) is 3.96. The van der Waals surface area contributed by atoms with Crippen LogP contribution in [-0.4, -0.2) is 38.6 Å². The molecule has 0 aromatic heterocycles. The Morgan fingerprint density at radius 1 is 1.29 bits per heavy atom. The summed E-state index contributed by atoms with van der Waals surface area (Å²) in [5, 5.41) is 13.1. The van der Waals surface area contributed by atoms with Crippen LogP contribution in [0.5, 0.6) is 17.2 Å². The first-order valence-electron chi connectivity index (χ1n) is 5.49. The van der Waals surface area contributed by atoms with Crippen LogP contribution in [0.2, 0.25) is 0 Å². The van der Waals surface area contributed by atoms with Crippen molar-refractivity contribution in [3.8, 4) is 17.2 Å². The number of benzene rings is 1. The highest BCUT2D eigenvalue weighted by Gasteiger charge is 2.18. The van der Waals surface area contributed by atoms with Crippen molar-refractivity contribution >= 4 is 0 Å². The first-order valence-corrected chi connectivity index (χ1v) is 5.49. The van der Waals surface area contributed by atoms with Crippen LogP contribution in [0.4, 0.5) is 0 Å². The third-order valence-electron chi connectivity index (χ3n) is 2.77. The van der Waals surface area contributed by atoms with E-state index in [1.165, 1.54) is 14.2 Å². The van der Waals surface area contributed by atoms with Gasteiger partial charge in [-0.1, -0.05) is 0 Å². The van der Waals surface area contributed by atoms with E-state index in [9.17, 15) is 5.11 Å². The summed E-state index contributed by atoms with van der Waals surface area (Å²) in [5.41, 5.74) is 1.00. The molecule has 0 unspecified atom stereocenters. The van der Waals surface area contributed by atoms with E-state index in [2.05, 4.69) is 5.32 Å². The predicted molar refractivity (Wildman–Crippen MR) is 62.7 cm³/mol. The molecule has 1 saturated heterocycles. The van der Waals surface area contributed by atoms with Gasteiger partial charge in [0.05, 0.1) is 33.5 Å². The number of rotatable bonds is 5. The topological polar surface area (TPSA) is 60.0 Å². The van der Waals surface area contributed by atoms with Crippen LogP contribution in [0.3, 0.4) is 0 Å². The number of nitrogens with one attached hydrogen (secondary N) is 1. The molecule has 0 atom stereocenters. The molecule has 2 N–H and O–H groups in total. The molecule has 94 valence electrons. The van der Waals surface area contributed by atoms with Crippen molar-refractivity contribution in [3.05, 3.63) is 17.7 Å². The monoisotopic (exact) mass is 239 g/mol. The van der Waals surface area contributed by atoms with Gasteiger partial charge in [0.1, 0.15) is 0 Å². The number of ether oxygens (including phenoxy) is 3. The van der Waals surface area contributed by atoms with Gasteiger partial charge in [0.2, 0.25) is 5.75 Å². The number of methoxy groups -OCH3 is 2. The van der Waals surface area contributed by atoms with E-state index in [1.807, 2.05) is 0 Å². The number of aromatic hydroxyl groups is 1. The van der Waals surface area contributed by atoms with E-state index in [-0.39, 0.29) is 5.75 Å². The number of hydrogen-bond donors (Lipinski definition) is 2. The minimum atomic E-state index is 0.0331. The van der Waals surface area contributed by atoms with Crippen LogP contribution in [0.15, 0.2) is 12.1 Å². The Bertz CT molecular complexity index is 365. The van der Waals surface area contributed by atoms with Crippen LogP contribution >= 0.6 is 0 Å². The molecule has 0 spiro atoms. The van der Waals surface area contributed by atoms with E-state index in [0.29, 0.717) is 24.1 Å². The summed E-state index contributed by atoms with van der Waals surface area (Å²) >= 11 is 0. The minimum absolute atomic E-state index is 0.0331. The molecule has 0 amide bonds. The zero-order valence-electron chi connectivity index (χ0n) is 10.0. The van der Waals surface area contributed by atoms with Crippen molar-refractivity contribution in [1.29, 1.82) is 0 Å². The average Bonchev–Trinajstić information content (AvgIpc) is 2.28. The third-order valence-corrected chi connectivity index (χ3v) is 2.77. The average molecular weight is 239 g/mol. The second-order valence-electron chi connectivity index (χ2n) is 3.96. The Hall–Kier alpha value is -1.46. The SMILES string of the molecule is COc1cc(CNC2COC2)cc(OC)c1O. The van der Waals surface area contributed by atoms with E-state index < -0.39 is 0 Å². The molecule has 1 aromatic carbocycles. The molecule has 17 heavy (non-hydrogen) atoms. The largest absolute Gasteiger partial charge is 0.502 e. The summed E-state index contributed by atoms with van der Waals surface area (Å²) in [7, 11) is 3.04. The van der Waals surface area contributed by atoms with Crippen LogP contribution in [-0.2, 0) is 11.3 Å². The molecule has 0 saturated carbocycles. The van der Waals surface area contributed by atoms with Gasteiger partial charge in [0.25, 0.3) is 0 Å². The van der Waals surface area contributed by atoms with Crippen molar-refractivity contribution in [3.63, 3.8) is 0 Å². The molecule has 1 heterocycles. The molecular formula is C12H17NO4. The molecule has 0 radical (unpaired) electrons. The van der Waals surface area contributed by atoms with Crippen molar-refractivity contribution in [1.82, 2.24) is 5.32 Å². The Morgan fingerprint density at radius 3 is 2.29 bits per heavy atom. The Morgan fingerprint density at radius 2 is 1.88 bits per heavy atom. The Kier molecular flexibility index (Phi) is 3.71. The van der Waals surface area contributed by atoms with E-state index in [1.54, 1.807) is 12.1 Å². The quantitative estimate of drug-likeness (QED) is 0.799. The van der Waals surface area contributed by atoms with Gasteiger partial charge in [0, 0.05) is 6.54 Å². The lowest BCUT2D eigenvalue weighted by Gasteiger charge is -2.27. The molecule has 0 bridgehead atoms. The summed E-state index contributed by atoms with van der Waals surface area (Å²) < 4.78 is 15.3. The fraction of sp³-hybridized carbons (Fsp3) is 0.500. The van der Waals surface area contributed by atoms with Gasteiger partial charge in [-0.05, 0) is 17.7 Å². The van der Waals surface area contributed by atoms with Crippen molar-refractivity contribution < 1.29 is 19.3 Å². The zero-order chi connectivity index (χ0) is 12.3. The summed E-state index contributed by atoms with van der Waals surface area (Å²) in [4.78, 5) is 0. The maximum Gasteiger partial charge on any atom is 0.200 e. The number of phenolic OH excluding ortho intramolecular Hbond substituents is 1. The lowest BCUT2D eigenvalue weighted by Crippen LogP contribution is -2.45. The lowest BCUT2D eigenvalue weighted by molar-refractivity contribution is -0.00579. The molecule has 0 aliphatic carbocycles. The highest BCUT2D eigenvalue weighted by Crippen LogP contribution is 2.37. The van der Waals surface area contributed by atoms with Crippen LogP contribution < -0.4 is 14.8 Å². The molecule has 1 aliphatic rings. The van der Waals surface area contributed by atoms with Gasteiger partial charge < -0.3 is 24.6 Å². The maximum absolute atomic E-state index is 9.76. The van der Waals surface area contributed by atoms with E-state index >= 15 is 0 Å². The highest BCUT2D eigenvalue weighted by molar-refractivity contribution is 5.52.